The zero-order chi connectivity index (χ0) is 23.5. The summed E-state index contributed by atoms with van der Waals surface area (Å²) in [5, 5.41) is 10.2. The van der Waals surface area contributed by atoms with Crippen LogP contribution in [-0.2, 0) is 12.0 Å². The third-order valence-corrected chi connectivity index (χ3v) is 5.63. The van der Waals surface area contributed by atoms with E-state index in [9.17, 15) is 18.7 Å². The van der Waals surface area contributed by atoms with Crippen molar-refractivity contribution in [2.45, 2.75) is 45.3 Å². The normalized spacial score (nSPS) is 16.6. The summed E-state index contributed by atoms with van der Waals surface area (Å²) in [4.78, 5) is 30.5. The van der Waals surface area contributed by atoms with Gasteiger partial charge in [0.05, 0.1) is 12.0 Å². The average Bonchev–Trinajstić information content (AvgIpc) is 3.49. The van der Waals surface area contributed by atoms with E-state index in [-0.39, 0.29) is 18.3 Å². The molecule has 0 unspecified atom stereocenters. The van der Waals surface area contributed by atoms with Crippen LogP contribution in [0.2, 0.25) is 0 Å². The molecule has 0 fully saturated rings. The van der Waals surface area contributed by atoms with Crippen molar-refractivity contribution in [3.63, 3.8) is 0 Å². The molecule has 1 aromatic carbocycles. The number of imidazole rings is 1. The number of para-hydroxylation sites is 1. The summed E-state index contributed by atoms with van der Waals surface area (Å²) in [6.45, 7) is 4.73. The van der Waals surface area contributed by atoms with Crippen LogP contribution in [0.25, 0.3) is 11.1 Å². The van der Waals surface area contributed by atoms with Crippen molar-refractivity contribution in [1.82, 2.24) is 24.8 Å². The monoisotopic (exact) mass is 457 g/mol. The van der Waals surface area contributed by atoms with E-state index < -0.39 is 35.4 Å². The quantitative estimate of drug-likeness (QED) is 0.478. The molecule has 11 heteroatoms. The number of nitrogens with zero attached hydrogens (tertiary/aromatic N) is 4. The summed E-state index contributed by atoms with van der Waals surface area (Å²) in [5.41, 5.74) is 0.893. The van der Waals surface area contributed by atoms with Crippen LogP contribution in [0.3, 0.4) is 0 Å². The Morgan fingerprint density at radius 3 is 2.79 bits per heavy atom. The first-order valence-electron chi connectivity index (χ1n) is 10.4. The maximum atomic E-state index is 13.7. The molecule has 0 spiro atoms. The van der Waals surface area contributed by atoms with Gasteiger partial charge in [0.15, 0.2) is 17.3 Å². The van der Waals surface area contributed by atoms with E-state index in [1.54, 1.807) is 6.07 Å². The van der Waals surface area contributed by atoms with Gasteiger partial charge in [-0.1, -0.05) is 12.1 Å². The van der Waals surface area contributed by atoms with Crippen molar-refractivity contribution in [2.75, 3.05) is 6.54 Å². The van der Waals surface area contributed by atoms with E-state index in [0.717, 1.165) is 11.3 Å². The van der Waals surface area contributed by atoms with Crippen LogP contribution in [0.5, 0.6) is 0 Å². The van der Waals surface area contributed by atoms with Crippen LogP contribution in [0.4, 0.5) is 8.78 Å². The first-order chi connectivity index (χ1) is 15.6. The number of hydrogen-bond acceptors (Lipinski definition) is 7. The molecule has 0 saturated heterocycles. The first-order valence-corrected chi connectivity index (χ1v) is 10.4. The molecule has 1 aliphatic heterocycles. The van der Waals surface area contributed by atoms with Gasteiger partial charge in [0.1, 0.15) is 11.1 Å². The molecule has 0 bridgehead atoms. The van der Waals surface area contributed by atoms with Crippen molar-refractivity contribution >= 4 is 17.0 Å². The molecule has 1 amide bonds. The number of aromatic amines is 1. The number of carbonyl (C=O) groups excluding carboxylic acids is 1. The first kappa shape index (κ1) is 21.3. The summed E-state index contributed by atoms with van der Waals surface area (Å²) in [6.07, 6.45) is -1.14. The number of benzene rings is 1. The van der Waals surface area contributed by atoms with Crippen LogP contribution in [0.1, 0.15) is 71.3 Å². The number of hydrogen-bond donors (Lipinski definition) is 2. The number of alkyl halides is 2. The Bertz CT molecular complexity index is 1350. The van der Waals surface area contributed by atoms with E-state index in [1.165, 1.54) is 25.1 Å². The highest BCUT2D eigenvalue weighted by Crippen LogP contribution is 2.37. The highest BCUT2D eigenvalue weighted by molar-refractivity contribution is 5.93. The number of rotatable bonds is 4. The number of carbonyl (C=O) groups is 1. The number of amides is 1. The minimum Gasteiger partial charge on any atom is -0.438 e. The van der Waals surface area contributed by atoms with Gasteiger partial charge in [-0.05, 0) is 32.4 Å². The van der Waals surface area contributed by atoms with Crippen LogP contribution < -0.4 is 0 Å². The SMILES string of the molecule is Cc1cccc2nc([C@@H]3c4nc[nH]c4CCN3C(=O)c3oc(C(C)(C)O)nc3C(F)F)oc12. The molecule has 4 aromatic rings. The largest absolute Gasteiger partial charge is 0.438 e. The summed E-state index contributed by atoms with van der Waals surface area (Å²) >= 11 is 0. The van der Waals surface area contributed by atoms with E-state index in [1.807, 2.05) is 19.1 Å². The Hall–Kier alpha value is -3.60. The molecule has 9 nitrogen and oxygen atoms in total. The minimum atomic E-state index is -3.07. The summed E-state index contributed by atoms with van der Waals surface area (Å²) < 4.78 is 38.9. The predicted octanol–water partition coefficient (Wildman–Crippen LogP) is 3.80. The summed E-state index contributed by atoms with van der Waals surface area (Å²) in [7, 11) is 0. The number of nitrogens with one attached hydrogen (secondary N) is 1. The molecule has 1 atom stereocenters. The number of aromatic nitrogens is 4. The molecule has 2 N–H and O–H groups in total. The highest BCUT2D eigenvalue weighted by atomic mass is 19.3. The number of H-pyrrole nitrogens is 1. The number of aliphatic hydroxyl groups is 1. The number of halogens is 2. The highest BCUT2D eigenvalue weighted by Gasteiger charge is 2.41. The molecule has 33 heavy (non-hydrogen) atoms. The van der Waals surface area contributed by atoms with Gasteiger partial charge in [-0.25, -0.2) is 23.7 Å². The lowest BCUT2D eigenvalue weighted by molar-refractivity contribution is 0.0436. The second kappa shape index (κ2) is 7.48. The van der Waals surface area contributed by atoms with E-state index in [2.05, 4.69) is 19.9 Å². The van der Waals surface area contributed by atoms with Gasteiger partial charge in [0, 0.05) is 18.7 Å². The molecule has 172 valence electrons. The molecule has 0 saturated carbocycles. The average molecular weight is 457 g/mol. The lowest BCUT2D eigenvalue weighted by Gasteiger charge is -2.32. The zero-order valence-corrected chi connectivity index (χ0v) is 18.1. The van der Waals surface area contributed by atoms with Crippen molar-refractivity contribution in [1.29, 1.82) is 0 Å². The third kappa shape index (κ3) is 3.48. The Balaban J connectivity index is 1.63. The predicted molar refractivity (Wildman–Crippen MR) is 111 cm³/mol. The molecular weight excluding hydrogens is 436 g/mol. The summed E-state index contributed by atoms with van der Waals surface area (Å²) in [6, 6.07) is 4.65. The van der Waals surface area contributed by atoms with Crippen molar-refractivity contribution in [3.05, 3.63) is 64.7 Å². The Kier molecular flexibility index (Phi) is 4.82. The van der Waals surface area contributed by atoms with E-state index in [0.29, 0.717) is 23.2 Å². The second-order valence-corrected chi connectivity index (χ2v) is 8.49. The molecule has 4 heterocycles. The standard InChI is InChI=1S/C22H21F2N5O4/c1-10-5-4-6-12-16(10)32-19(27-12)15-13-11(25-9-26-13)7-8-29(15)20(30)17-14(18(23)24)28-21(33-17)22(2,3)31/h4-6,9,15,18,31H,7-8H2,1-3H3,(H,25,26)/t15-/m0/s1. The van der Waals surface area contributed by atoms with Gasteiger partial charge in [-0.15, -0.1) is 0 Å². The van der Waals surface area contributed by atoms with Crippen LogP contribution >= 0.6 is 0 Å². The third-order valence-electron chi connectivity index (χ3n) is 5.63. The smallest absolute Gasteiger partial charge is 0.292 e. The number of aryl methyl sites for hydroxylation is 1. The van der Waals surface area contributed by atoms with Crippen molar-refractivity contribution in [3.8, 4) is 0 Å². The summed E-state index contributed by atoms with van der Waals surface area (Å²) in [5.74, 6) is -1.60. The fraction of sp³-hybridized carbons (Fsp3) is 0.364. The van der Waals surface area contributed by atoms with Crippen LogP contribution in [0, 0.1) is 6.92 Å². The van der Waals surface area contributed by atoms with Gasteiger partial charge in [0.25, 0.3) is 12.3 Å². The Morgan fingerprint density at radius 2 is 2.09 bits per heavy atom. The van der Waals surface area contributed by atoms with E-state index in [4.69, 9.17) is 8.83 Å². The van der Waals surface area contributed by atoms with Crippen molar-refractivity contribution in [2.24, 2.45) is 0 Å². The molecule has 3 aromatic heterocycles. The van der Waals surface area contributed by atoms with Gasteiger partial charge < -0.3 is 23.8 Å². The lowest BCUT2D eigenvalue weighted by Crippen LogP contribution is -2.41. The number of fused-ring (bicyclic) bond motifs is 2. The maximum Gasteiger partial charge on any atom is 0.292 e. The lowest BCUT2D eigenvalue weighted by atomic mass is 10.0. The molecule has 1 aliphatic rings. The zero-order valence-electron chi connectivity index (χ0n) is 18.1. The maximum absolute atomic E-state index is 13.7. The fourth-order valence-corrected chi connectivity index (χ4v) is 3.99. The van der Waals surface area contributed by atoms with Gasteiger partial charge >= 0.3 is 0 Å². The van der Waals surface area contributed by atoms with Gasteiger partial charge in [-0.2, -0.15) is 0 Å². The Labute approximate surface area is 186 Å². The molecule has 0 radical (unpaired) electrons. The van der Waals surface area contributed by atoms with Gasteiger partial charge in [-0.3, -0.25) is 4.79 Å². The topological polar surface area (TPSA) is 121 Å². The van der Waals surface area contributed by atoms with Crippen LogP contribution in [-0.4, -0.2) is 42.4 Å². The molecular formula is C22H21F2N5O4. The van der Waals surface area contributed by atoms with E-state index >= 15 is 0 Å². The molecule has 0 aliphatic carbocycles. The molecule has 5 rings (SSSR count). The Morgan fingerprint density at radius 1 is 1.30 bits per heavy atom. The second-order valence-electron chi connectivity index (χ2n) is 8.49. The minimum absolute atomic E-state index is 0.178. The van der Waals surface area contributed by atoms with Crippen LogP contribution in [0.15, 0.2) is 33.4 Å². The van der Waals surface area contributed by atoms with Crippen molar-refractivity contribution < 1.29 is 27.5 Å². The fourth-order valence-electron chi connectivity index (χ4n) is 3.99. The number of oxazole rings is 2. The van der Waals surface area contributed by atoms with Gasteiger partial charge in [0.2, 0.25) is 17.5 Å².